The summed E-state index contributed by atoms with van der Waals surface area (Å²) in [5.41, 5.74) is -0.905. The van der Waals surface area contributed by atoms with Gasteiger partial charge in [-0.05, 0) is 15.5 Å². The van der Waals surface area contributed by atoms with E-state index in [4.69, 9.17) is 5.11 Å². The summed E-state index contributed by atoms with van der Waals surface area (Å²) in [6.07, 6.45) is -2.99. The van der Waals surface area contributed by atoms with Crippen LogP contribution in [-0.2, 0) is 11.2 Å². The third-order valence-electron chi connectivity index (χ3n) is 1.77. The summed E-state index contributed by atoms with van der Waals surface area (Å²) in [5, 5.41) is 18.8. The Labute approximate surface area is 87.7 Å². The van der Waals surface area contributed by atoms with Crippen LogP contribution in [-0.4, -0.2) is 21.0 Å². The molecule has 1 aromatic heterocycles. The summed E-state index contributed by atoms with van der Waals surface area (Å²) in [5.74, 6) is -2.00. The van der Waals surface area contributed by atoms with E-state index in [2.05, 4.69) is 4.98 Å². The van der Waals surface area contributed by atoms with Crippen LogP contribution in [0.3, 0.4) is 0 Å². The molecule has 1 heterocycles. The molecular weight excluding hydrogens is 226 g/mol. The van der Waals surface area contributed by atoms with Crippen molar-refractivity contribution in [1.82, 2.24) is 4.98 Å². The summed E-state index contributed by atoms with van der Waals surface area (Å²) in [6.45, 7) is 0. The number of pyridine rings is 1. The number of aliphatic carboxylic acids is 1. The molecule has 0 atom stereocenters. The highest BCUT2D eigenvalue weighted by Crippen LogP contribution is 2.25. The lowest BCUT2D eigenvalue weighted by Gasteiger charge is -2.04. The molecule has 0 aliphatic rings. The lowest BCUT2D eigenvalue weighted by molar-refractivity contribution is -0.389. The van der Waals surface area contributed by atoms with E-state index in [1.54, 1.807) is 0 Å². The van der Waals surface area contributed by atoms with E-state index in [1.807, 2.05) is 0 Å². The van der Waals surface area contributed by atoms with E-state index in [1.165, 1.54) is 0 Å². The second-order valence-corrected chi connectivity index (χ2v) is 2.87. The number of nitrogens with zero attached hydrogens (tertiary/aromatic N) is 2. The second-order valence-electron chi connectivity index (χ2n) is 2.87. The molecule has 16 heavy (non-hydrogen) atoms. The number of halogens is 2. The Morgan fingerprint density at radius 2 is 2.25 bits per heavy atom. The highest BCUT2D eigenvalue weighted by Gasteiger charge is 2.20. The predicted octanol–water partition coefficient (Wildman–Crippen LogP) is 1.55. The Morgan fingerprint density at radius 1 is 1.62 bits per heavy atom. The van der Waals surface area contributed by atoms with Gasteiger partial charge in [0.25, 0.3) is 6.43 Å². The quantitative estimate of drug-likeness (QED) is 0.627. The van der Waals surface area contributed by atoms with E-state index in [9.17, 15) is 23.7 Å². The first-order chi connectivity index (χ1) is 7.41. The standard InChI is InChI=1S/C8H6F2N2O4/c9-8(10)5-3-11-6(12(15)16)1-4(5)2-7(13)14/h1,3,8H,2H2,(H,13,14). The van der Waals surface area contributed by atoms with Gasteiger partial charge >= 0.3 is 11.8 Å². The van der Waals surface area contributed by atoms with Crippen molar-refractivity contribution in [2.24, 2.45) is 0 Å². The van der Waals surface area contributed by atoms with Gasteiger partial charge in [0.05, 0.1) is 12.0 Å². The van der Waals surface area contributed by atoms with Crippen molar-refractivity contribution < 1.29 is 23.6 Å². The Morgan fingerprint density at radius 3 is 2.69 bits per heavy atom. The SMILES string of the molecule is O=C(O)Cc1cc([N+](=O)[O-])ncc1C(F)F. The molecule has 1 aromatic rings. The van der Waals surface area contributed by atoms with Gasteiger partial charge in [0.2, 0.25) is 0 Å². The number of hydrogen-bond donors (Lipinski definition) is 1. The Hall–Kier alpha value is -2.12. The van der Waals surface area contributed by atoms with Crippen LogP contribution < -0.4 is 0 Å². The molecule has 0 bridgehead atoms. The van der Waals surface area contributed by atoms with Gasteiger partial charge in [-0.25, -0.2) is 8.78 Å². The van der Waals surface area contributed by atoms with Crippen molar-refractivity contribution in [3.8, 4) is 0 Å². The van der Waals surface area contributed by atoms with Gasteiger partial charge < -0.3 is 15.2 Å². The first-order valence-corrected chi connectivity index (χ1v) is 4.05. The molecule has 0 spiro atoms. The summed E-state index contributed by atoms with van der Waals surface area (Å²) < 4.78 is 24.8. The average molecular weight is 232 g/mol. The zero-order valence-electron chi connectivity index (χ0n) is 7.76. The van der Waals surface area contributed by atoms with Crippen molar-refractivity contribution in [2.75, 3.05) is 0 Å². The maximum atomic E-state index is 12.4. The fourth-order valence-corrected chi connectivity index (χ4v) is 1.11. The van der Waals surface area contributed by atoms with Crippen LogP contribution in [0.5, 0.6) is 0 Å². The first kappa shape index (κ1) is 12.0. The summed E-state index contributed by atoms with van der Waals surface area (Å²) >= 11 is 0. The molecule has 0 fully saturated rings. The monoisotopic (exact) mass is 232 g/mol. The normalized spacial score (nSPS) is 10.4. The van der Waals surface area contributed by atoms with Gasteiger partial charge in [-0.2, -0.15) is 0 Å². The molecular formula is C8H6F2N2O4. The molecule has 0 radical (unpaired) electrons. The van der Waals surface area contributed by atoms with Gasteiger partial charge in [0.15, 0.2) is 0 Å². The van der Waals surface area contributed by atoms with Crippen LogP contribution in [0.1, 0.15) is 17.6 Å². The first-order valence-electron chi connectivity index (χ1n) is 4.05. The Bertz CT molecular complexity index is 436. The molecule has 86 valence electrons. The number of nitro groups is 1. The van der Waals surface area contributed by atoms with Crippen LogP contribution >= 0.6 is 0 Å². The molecule has 8 heteroatoms. The maximum absolute atomic E-state index is 12.4. The smallest absolute Gasteiger partial charge is 0.363 e. The molecule has 0 unspecified atom stereocenters. The van der Waals surface area contributed by atoms with E-state index in [0.29, 0.717) is 6.20 Å². The number of hydrogen-bond acceptors (Lipinski definition) is 4. The molecule has 6 nitrogen and oxygen atoms in total. The van der Waals surface area contributed by atoms with Crippen LogP contribution in [0.25, 0.3) is 0 Å². The summed E-state index contributed by atoms with van der Waals surface area (Å²) in [7, 11) is 0. The molecule has 0 aliphatic heterocycles. The van der Waals surface area contributed by atoms with Crippen molar-refractivity contribution in [1.29, 1.82) is 0 Å². The number of rotatable bonds is 4. The minimum atomic E-state index is -2.91. The zero-order valence-corrected chi connectivity index (χ0v) is 7.76. The van der Waals surface area contributed by atoms with Gasteiger partial charge in [-0.3, -0.25) is 4.79 Å². The number of aromatic nitrogens is 1. The van der Waals surface area contributed by atoms with Crippen molar-refractivity contribution in [3.05, 3.63) is 33.5 Å². The second kappa shape index (κ2) is 4.60. The van der Waals surface area contributed by atoms with Crippen molar-refractivity contribution in [3.63, 3.8) is 0 Å². The lowest BCUT2D eigenvalue weighted by atomic mass is 10.1. The predicted molar refractivity (Wildman–Crippen MR) is 47.2 cm³/mol. The van der Waals surface area contributed by atoms with E-state index >= 15 is 0 Å². The third-order valence-corrected chi connectivity index (χ3v) is 1.77. The minimum absolute atomic E-state index is 0.302. The van der Waals surface area contributed by atoms with Gasteiger partial charge in [-0.15, -0.1) is 0 Å². The molecule has 1 N–H and O–H groups in total. The number of carbonyl (C=O) groups is 1. The molecule has 0 aliphatic carbocycles. The lowest BCUT2D eigenvalue weighted by Crippen LogP contribution is -2.06. The molecule has 0 amide bonds. The Kier molecular flexibility index (Phi) is 3.44. The topological polar surface area (TPSA) is 93.3 Å². The van der Waals surface area contributed by atoms with E-state index < -0.39 is 35.1 Å². The number of alkyl halides is 2. The highest BCUT2D eigenvalue weighted by molar-refractivity contribution is 5.71. The number of carboxylic acid groups (broad SMARTS) is 1. The van der Waals surface area contributed by atoms with Gasteiger partial charge in [-0.1, -0.05) is 0 Å². The number of carboxylic acids is 1. The molecule has 0 saturated heterocycles. The van der Waals surface area contributed by atoms with Crippen LogP contribution in [0, 0.1) is 10.1 Å². The molecule has 0 aromatic carbocycles. The van der Waals surface area contributed by atoms with Gasteiger partial charge in [0.1, 0.15) is 6.20 Å². The highest BCUT2D eigenvalue weighted by atomic mass is 19.3. The maximum Gasteiger partial charge on any atom is 0.363 e. The Balaban J connectivity index is 3.20. The zero-order chi connectivity index (χ0) is 12.3. The van der Waals surface area contributed by atoms with Crippen LogP contribution in [0.15, 0.2) is 12.3 Å². The van der Waals surface area contributed by atoms with Crippen molar-refractivity contribution >= 4 is 11.8 Å². The fraction of sp³-hybridized carbons (Fsp3) is 0.250. The largest absolute Gasteiger partial charge is 0.481 e. The summed E-state index contributed by atoms with van der Waals surface area (Å²) in [4.78, 5) is 23.0. The fourth-order valence-electron chi connectivity index (χ4n) is 1.11. The van der Waals surface area contributed by atoms with Crippen LogP contribution in [0.4, 0.5) is 14.6 Å². The van der Waals surface area contributed by atoms with E-state index in [0.717, 1.165) is 6.07 Å². The molecule has 0 saturated carbocycles. The third kappa shape index (κ3) is 2.69. The van der Waals surface area contributed by atoms with Gasteiger partial charge in [0, 0.05) is 6.07 Å². The average Bonchev–Trinajstić information content (AvgIpc) is 2.15. The molecule has 1 rings (SSSR count). The van der Waals surface area contributed by atoms with Crippen LogP contribution in [0.2, 0.25) is 0 Å². The van der Waals surface area contributed by atoms with E-state index in [-0.39, 0.29) is 5.56 Å². The van der Waals surface area contributed by atoms with Crippen molar-refractivity contribution in [2.45, 2.75) is 12.8 Å². The summed E-state index contributed by atoms with van der Waals surface area (Å²) in [6, 6.07) is 0.746. The minimum Gasteiger partial charge on any atom is -0.481 e.